The van der Waals surface area contributed by atoms with Gasteiger partial charge < -0.3 is 15.4 Å². The number of hydrogen-bond donors (Lipinski definition) is 2. The van der Waals surface area contributed by atoms with E-state index in [2.05, 4.69) is 36.5 Å². The van der Waals surface area contributed by atoms with E-state index in [9.17, 15) is 4.39 Å². The highest BCUT2D eigenvalue weighted by Crippen LogP contribution is 2.14. The molecule has 0 aliphatic carbocycles. The molecule has 2 rings (SSSR count). The molecule has 1 fully saturated rings. The zero-order valence-electron chi connectivity index (χ0n) is 13.1. The lowest BCUT2D eigenvalue weighted by Crippen LogP contribution is -2.44. The summed E-state index contributed by atoms with van der Waals surface area (Å²) < 4.78 is 19.4. The Bertz CT molecular complexity index is 492. The first-order chi connectivity index (χ1) is 10.7. The summed E-state index contributed by atoms with van der Waals surface area (Å²) in [6.45, 7) is 5.86. The number of rotatable bonds is 5. The Kier molecular flexibility index (Phi) is 10.00. The number of morpholine rings is 1. The zero-order chi connectivity index (χ0) is 15.8. The van der Waals surface area contributed by atoms with E-state index < -0.39 is 0 Å². The van der Waals surface area contributed by atoms with Gasteiger partial charge in [0.25, 0.3) is 0 Å². The fourth-order valence-electron chi connectivity index (χ4n) is 2.28. The number of nitrogens with zero attached hydrogens (tertiary/aromatic N) is 2. The minimum atomic E-state index is -0.249. The van der Waals surface area contributed by atoms with Gasteiger partial charge in [0.1, 0.15) is 5.82 Å². The van der Waals surface area contributed by atoms with E-state index in [4.69, 9.17) is 4.74 Å². The molecule has 1 aliphatic rings. The van der Waals surface area contributed by atoms with E-state index >= 15 is 0 Å². The summed E-state index contributed by atoms with van der Waals surface area (Å²) in [5.74, 6) is 0.468. The molecule has 2 N–H and O–H groups in total. The minimum Gasteiger partial charge on any atom is -0.379 e. The van der Waals surface area contributed by atoms with Crippen LogP contribution in [0.15, 0.2) is 27.7 Å². The van der Waals surface area contributed by atoms with Crippen molar-refractivity contribution in [2.45, 2.75) is 6.54 Å². The number of benzene rings is 1. The highest BCUT2D eigenvalue weighted by Gasteiger charge is 2.09. The maximum absolute atomic E-state index is 13.3. The molecular weight excluding hydrogens is 478 g/mol. The number of guanidine groups is 1. The largest absolute Gasteiger partial charge is 0.379 e. The summed E-state index contributed by atoms with van der Waals surface area (Å²) >= 11 is 3.29. The third kappa shape index (κ3) is 7.77. The molecule has 1 saturated heterocycles. The number of ether oxygens (including phenoxy) is 1. The third-order valence-corrected chi connectivity index (χ3v) is 3.89. The van der Waals surface area contributed by atoms with Crippen molar-refractivity contribution in [2.24, 2.45) is 4.99 Å². The lowest BCUT2D eigenvalue weighted by molar-refractivity contribution is 0.0389. The smallest absolute Gasteiger partial charge is 0.191 e. The molecule has 0 saturated carbocycles. The summed E-state index contributed by atoms with van der Waals surface area (Å²) in [4.78, 5) is 6.53. The Labute approximate surface area is 162 Å². The molecule has 0 amide bonds. The van der Waals surface area contributed by atoms with Gasteiger partial charge >= 0.3 is 0 Å². The molecule has 5 nitrogen and oxygen atoms in total. The van der Waals surface area contributed by atoms with E-state index in [1.807, 2.05) is 6.07 Å². The van der Waals surface area contributed by atoms with Gasteiger partial charge in [0.05, 0.1) is 13.2 Å². The standard InChI is InChI=1S/C15H22BrFN4O.HI/c1-18-15(19-2-3-21-4-6-22-7-5-21)20-11-12-8-13(16)10-14(17)9-12;/h8-10H,2-7,11H2,1H3,(H2,18,19,20);1H. The van der Waals surface area contributed by atoms with E-state index in [1.54, 1.807) is 7.05 Å². The second kappa shape index (κ2) is 11.2. The number of aliphatic imine (C=N–C) groups is 1. The van der Waals surface area contributed by atoms with Gasteiger partial charge in [0.2, 0.25) is 0 Å². The predicted molar refractivity (Wildman–Crippen MR) is 105 cm³/mol. The van der Waals surface area contributed by atoms with Crippen molar-refractivity contribution >= 4 is 45.9 Å². The van der Waals surface area contributed by atoms with Crippen molar-refractivity contribution in [1.29, 1.82) is 0 Å². The molecule has 0 aromatic heterocycles. The topological polar surface area (TPSA) is 48.9 Å². The normalized spacial score (nSPS) is 15.9. The fraction of sp³-hybridized carbons (Fsp3) is 0.533. The predicted octanol–water partition coefficient (Wildman–Crippen LogP) is 2.20. The molecule has 0 unspecified atom stereocenters. The third-order valence-electron chi connectivity index (χ3n) is 3.43. The van der Waals surface area contributed by atoms with Crippen LogP contribution in [0.3, 0.4) is 0 Å². The summed E-state index contributed by atoms with van der Waals surface area (Å²) in [6.07, 6.45) is 0. The van der Waals surface area contributed by atoms with Crippen LogP contribution in [0.4, 0.5) is 4.39 Å². The van der Waals surface area contributed by atoms with Crippen LogP contribution in [0.2, 0.25) is 0 Å². The average molecular weight is 501 g/mol. The molecule has 0 radical (unpaired) electrons. The Balaban J connectivity index is 0.00000264. The van der Waals surface area contributed by atoms with Gasteiger partial charge in [-0.15, -0.1) is 24.0 Å². The lowest BCUT2D eigenvalue weighted by Gasteiger charge is -2.26. The molecule has 0 atom stereocenters. The fourth-order valence-corrected chi connectivity index (χ4v) is 2.79. The second-order valence-corrected chi connectivity index (χ2v) is 6.00. The van der Waals surface area contributed by atoms with Crippen LogP contribution in [0, 0.1) is 5.82 Å². The van der Waals surface area contributed by atoms with Crippen molar-refractivity contribution < 1.29 is 9.13 Å². The number of hydrogen-bond acceptors (Lipinski definition) is 3. The molecule has 0 spiro atoms. The van der Waals surface area contributed by atoms with E-state index in [0.717, 1.165) is 49.4 Å². The van der Waals surface area contributed by atoms with Crippen LogP contribution < -0.4 is 10.6 Å². The van der Waals surface area contributed by atoms with E-state index in [-0.39, 0.29) is 29.8 Å². The Morgan fingerprint density at radius 2 is 2.04 bits per heavy atom. The van der Waals surface area contributed by atoms with Crippen molar-refractivity contribution in [3.63, 3.8) is 0 Å². The highest BCUT2D eigenvalue weighted by atomic mass is 127. The molecule has 1 aromatic carbocycles. The van der Waals surface area contributed by atoms with Crippen LogP contribution in [-0.4, -0.2) is 57.3 Å². The van der Waals surface area contributed by atoms with E-state index in [1.165, 1.54) is 12.1 Å². The average Bonchev–Trinajstić information content (AvgIpc) is 2.51. The first-order valence-electron chi connectivity index (χ1n) is 7.37. The summed E-state index contributed by atoms with van der Waals surface area (Å²) in [5, 5.41) is 6.45. The second-order valence-electron chi connectivity index (χ2n) is 5.08. The zero-order valence-corrected chi connectivity index (χ0v) is 17.1. The van der Waals surface area contributed by atoms with Gasteiger partial charge in [-0.3, -0.25) is 9.89 Å². The molecule has 1 aromatic rings. The number of nitrogens with one attached hydrogen (secondary N) is 2. The number of halogens is 3. The Morgan fingerprint density at radius 1 is 1.30 bits per heavy atom. The first kappa shape index (κ1) is 20.6. The minimum absolute atomic E-state index is 0. The summed E-state index contributed by atoms with van der Waals surface area (Å²) in [6, 6.07) is 4.84. The van der Waals surface area contributed by atoms with Crippen LogP contribution >= 0.6 is 39.9 Å². The van der Waals surface area contributed by atoms with Crippen LogP contribution in [-0.2, 0) is 11.3 Å². The summed E-state index contributed by atoms with van der Waals surface area (Å²) in [7, 11) is 1.73. The lowest BCUT2D eigenvalue weighted by atomic mass is 10.2. The molecular formula is C15H23BrFIN4O. The summed E-state index contributed by atoms with van der Waals surface area (Å²) in [5.41, 5.74) is 0.864. The van der Waals surface area contributed by atoms with Crippen molar-refractivity contribution in [3.05, 3.63) is 34.1 Å². The van der Waals surface area contributed by atoms with Crippen molar-refractivity contribution in [1.82, 2.24) is 15.5 Å². The Hall–Kier alpha value is -0.450. The molecule has 1 aliphatic heterocycles. The molecule has 8 heteroatoms. The maximum Gasteiger partial charge on any atom is 0.191 e. The monoisotopic (exact) mass is 500 g/mol. The van der Waals surface area contributed by atoms with Crippen molar-refractivity contribution in [3.8, 4) is 0 Å². The van der Waals surface area contributed by atoms with Gasteiger partial charge in [-0.1, -0.05) is 15.9 Å². The van der Waals surface area contributed by atoms with E-state index in [0.29, 0.717) is 12.5 Å². The molecule has 23 heavy (non-hydrogen) atoms. The first-order valence-corrected chi connectivity index (χ1v) is 8.16. The van der Waals surface area contributed by atoms with Gasteiger partial charge in [0.15, 0.2) is 5.96 Å². The van der Waals surface area contributed by atoms with Crippen LogP contribution in [0.5, 0.6) is 0 Å². The van der Waals surface area contributed by atoms with Gasteiger partial charge in [-0.05, 0) is 23.8 Å². The van der Waals surface area contributed by atoms with Crippen LogP contribution in [0.1, 0.15) is 5.56 Å². The van der Waals surface area contributed by atoms with Gasteiger partial charge in [0, 0.05) is 44.2 Å². The molecule has 1 heterocycles. The van der Waals surface area contributed by atoms with Crippen molar-refractivity contribution in [2.75, 3.05) is 46.4 Å². The molecule has 0 bridgehead atoms. The quantitative estimate of drug-likeness (QED) is 0.370. The van der Waals surface area contributed by atoms with Gasteiger partial charge in [-0.25, -0.2) is 4.39 Å². The van der Waals surface area contributed by atoms with Gasteiger partial charge in [-0.2, -0.15) is 0 Å². The maximum atomic E-state index is 13.3. The Morgan fingerprint density at radius 3 is 2.70 bits per heavy atom. The SMILES string of the molecule is CN=C(NCCN1CCOCC1)NCc1cc(F)cc(Br)c1.I. The highest BCUT2D eigenvalue weighted by molar-refractivity contribution is 14.0. The van der Waals surface area contributed by atoms with Crippen LogP contribution in [0.25, 0.3) is 0 Å². The molecule has 130 valence electrons.